The minimum absolute atomic E-state index is 0.129. The molecule has 56 heavy (non-hydrogen) atoms. The molecule has 0 heterocycles. The molecule has 4 atom stereocenters. The van der Waals surface area contributed by atoms with Gasteiger partial charge in [-0.25, -0.2) is 0 Å². The second-order valence-corrected chi connectivity index (χ2v) is 14.4. The van der Waals surface area contributed by atoms with Crippen LogP contribution in [0.4, 0.5) is 0 Å². The predicted octanol–water partition coefficient (Wildman–Crippen LogP) is 6.66. The zero-order valence-corrected chi connectivity index (χ0v) is 32.7. The van der Waals surface area contributed by atoms with Gasteiger partial charge in [0, 0.05) is 36.3 Å². The fourth-order valence-electron chi connectivity index (χ4n) is 7.40. The number of halogens is 2. The number of hydrogen-bond acceptors (Lipinski definition) is 10. The van der Waals surface area contributed by atoms with E-state index >= 15 is 0 Å². The quantitative estimate of drug-likeness (QED) is 0.0595. The number of carboxylic acids is 2. The van der Waals surface area contributed by atoms with Crippen LogP contribution in [0, 0.1) is 0 Å². The summed E-state index contributed by atoms with van der Waals surface area (Å²) in [6, 6.07) is 17.2. The lowest BCUT2D eigenvalue weighted by atomic mass is 9.91. The van der Waals surface area contributed by atoms with Gasteiger partial charge in [-0.1, -0.05) is 59.6 Å². The summed E-state index contributed by atoms with van der Waals surface area (Å²) in [7, 11) is 0. The summed E-state index contributed by atoms with van der Waals surface area (Å²) in [5, 5.41) is 43.9. The number of carbonyl (C=O) groups is 2. The molecule has 0 aliphatic heterocycles. The van der Waals surface area contributed by atoms with Crippen LogP contribution in [0.15, 0.2) is 60.7 Å². The Morgan fingerprint density at radius 3 is 1.45 bits per heavy atom. The van der Waals surface area contributed by atoms with Crippen LogP contribution in [0.1, 0.15) is 72.3 Å². The summed E-state index contributed by atoms with van der Waals surface area (Å²) in [5.74, 6) is -0.356. The van der Waals surface area contributed by atoms with Gasteiger partial charge in [0.2, 0.25) is 0 Å². The highest BCUT2D eigenvalue weighted by molar-refractivity contribution is 6.32. The summed E-state index contributed by atoms with van der Waals surface area (Å²) < 4.78 is 24.9. The van der Waals surface area contributed by atoms with Gasteiger partial charge in [-0.05, 0) is 85.0 Å². The maximum atomic E-state index is 11.4. The van der Waals surface area contributed by atoms with E-state index < -0.39 is 37.2 Å². The number of hydrogen-bond donors (Lipinski definition) is 6. The van der Waals surface area contributed by atoms with Crippen LogP contribution in [-0.4, -0.2) is 70.9 Å². The number of carboxylic acid groups (broad SMARTS) is 2. The van der Waals surface area contributed by atoms with Gasteiger partial charge in [0.1, 0.15) is 47.3 Å². The van der Waals surface area contributed by atoms with Crippen molar-refractivity contribution in [2.75, 3.05) is 26.4 Å². The Hall–Kier alpha value is -4.56. The Morgan fingerprint density at radius 2 is 1.09 bits per heavy atom. The summed E-state index contributed by atoms with van der Waals surface area (Å²) in [4.78, 5) is 22.8. The second kappa shape index (κ2) is 18.6. The molecule has 14 heteroatoms. The first-order valence-electron chi connectivity index (χ1n) is 18.7. The fourth-order valence-corrected chi connectivity index (χ4v) is 7.86. The van der Waals surface area contributed by atoms with E-state index in [4.69, 9.17) is 42.1 Å². The van der Waals surface area contributed by atoms with Crippen LogP contribution in [0.3, 0.4) is 0 Å². The van der Waals surface area contributed by atoms with Gasteiger partial charge in [-0.15, -0.1) is 0 Å². The zero-order valence-electron chi connectivity index (χ0n) is 31.1. The molecule has 6 rings (SSSR count). The first-order chi connectivity index (χ1) is 27.1. The van der Waals surface area contributed by atoms with E-state index in [0.717, 1.165) is 47.9 Å². The van der Waals surface area contributed by atoms with E-state index in [1.54, 1.807) is 24.3 Å². The molecule has 0 fully saturated rings. The standard InChI is InChI=1S/C42H46Cl2N2O10/c1-3-53-37-17-39(31(43)15-23(37)19-45-33(21-47)41(49)50)55-35-13-11-27-25(7-5-9-29(27)35)26-8-6-10-30-28(26)12-14-36(30)56-40-18-38(54-4-2)24(16-32(40)44)20-46-34(22-48)42(51)52/h5-10,15-18,33-36,45-48H,3-4,11-14,19-22H2,1-2H3,(H,49,50)(H,51,52)/t33-,34-,35+,36+/m1/s1. The topological polar surface area (TPSA) is 176 Å². The van der Waals surface area contributed by atoms with Crippen molar-refractivity contribution in [1.82, 2.24) is 10.6 Å². The zero-order chi connectivity index (χ0) is 39.9. The first kappa shape index (κ1) is 41.1. The molecule has 0 spiro atoms. The van der Waals surface area contributed by atoms with Gasteiger partial charge in [0.25, 0.3) is 0 Å². The average molecular weight is 810 g/mol. The number of ether oxygens (including phenoxy) is 4. The highest BCUT2D eigenvalue weighted by Gasteiger charge is 2.32. The third-order valence-electron chi connectivity index (χ3n) is 10.1. The summed E-state index contributed by atoms with van der Waals surface area (Å²) in [6.07, 6.45) is 2.60. The highest BCUT2D eigenvalue weighted by Crippen LogP contribution is 2.47. The van der Waals surface area contributed by atoms with Gasteiger partial charge in [-0.3, -0.25) is 20.2 Å². The minimum atomic E-state index is -1.16. The molecule has 0 saturated heterocycles. The van der Waals surface area contributed by atoms with Crippen LogP contribution in [0.2, 0.25) is 10.0 Å². The van der Waals surface area contributed by atoms with Crippen LogP contribution < -0.4 is 29.6 Å². The minimum Gasteiger partial charge on any atom is -0.493 e. The Morgan fingerprint density at radius 1 is 0.679 bits per heavy atom. The molecule has 4 aromatic carbocycles. The van der Waals surface area contributed by atoms with Gasteiger partial charge in [-0.2, -0.15) is 0 Å². The van der Waals surface area contributed by atoms with E-state index in [1.807, 2.05) is 26.0 Å². The molecule has 298 valence electrons. The SMILES string of the molecule is CCOc1cc(O[C@H]2CCc3c(-c4cccc5c4CC[C@@H]5Oc4cc(OCC)c(CN[C@H](CO)C(=O)O)cc4Cl)cccc32)c(Cl)cc1CN[C@H](CO)C(=O)O. The lowest BCUT2D eigenvalue weighted by Gasteiger charge is -2.21. The van der Waals surface area contributed by atoms with Crippen molar-refractivity contribution < 1.29 is 49.0 Å². The average Bonchev–Trinajstić information content (AvgIpc) is 3.79. The Labute approximate surface area is 335 Å². The van der Waals surface area contributed by atoms with Crippen LogP contribution in [-0.2, 0) is 35.5 Å². The summed E-state index contributed by atoms with van der Waals surface area (Å²) in [6.45, 7) is 3.63. The fraction of sp³-hybridized carbons (Fsp3) is 0.381. The Kier molecular flexibility index (Phi) is 13.6. The van der Waals surface area contributed by atoms with Crippen molar-refractivity contribution >= 4 is 35.1 Å². The van der Waals surface area contributed by atoms with Crippen LogP contribution in [0.25, 0.3) is 11.1 Å². The highest BCUT2D eigenvalue weighted by atomic mass is 35.5. The predicted molar refractivity (Wildman–Crippen MR) is 211 cm³/mol. The maximum absolute atomic E-state index is 11.4. The molecular weight excluding hydrogens is 763 g/mol. The number of rotatable bonds is 19. The number of aliphatic hydroxyl groups excluding tert-OH is 2. The number of fused-ring (bicyclic) bond motifs is 2. The van der Waals surface area contributed by atoms with Crippen molar-refractivity contribution in [2.45, 2.75) is 76.9 Å². The summed E-state index contributed by atoms with van der Waals surface area (Å²) in [5.41, 5.74) is 8.15. The van der Waals surface area contributed by atoms with Gasteiger partial charge >= 0.3 is 11.9 Å². The molecule has 4 aromatic rings. The van der Waals surface area contributed by atoms with Gasteiger partial charge < -0.3 is 39.4 Å². The van der Waals surface area contributed by atoms with E-state index in [9.17, 15) is 30.0 Å². The molecule has 0 unspecified atom stereocenters. The smallest absolute Gasteiger partial charge is 0.323 e. The molecule has 0 radical (unpaired) electrons. The molecule has 2 aliphatic rings. The Balaban J connectivity index is 1.22. The number of benzene rings is 4. The molecule has 6 N–H and O–H groups in total. The largest absolute Gasteiger partial charge is 0.493 e. The first-order valence-corrected chi connectivity index (χ1v) is 19.4. The molecule has 12 nitrogen and oxygen atoms in total. The lowest BCUT2D eigenvalue weighted by Crippen LogP contribution is -2.39. The van der Waals surface area contributed by atoms with Crippen molar-refractivity contribution in [3.63, 3.8) is 0 Å². The molecule has 2 aliphatic carbocycles. The van der Waals surface area contributed by atoms with E-state index in [0.29, 0.717) is 57.4 Å². The van der Waals surface area contributed by atoms with Crippen LogP contribution >= 0.6 is 23.2 Å². The normalized spacial score (nSPS) is 16.8. The van der Waals surface area contributed by atoms with Crippen molar-refractivity contribution in [2.24, 2.45) is 0 Å². The van der Waals surface area contributed by atoms with Gasteiger partial charge in [0.05, 0.1) is 36.5 Å². The van der Waals surface area contributed by atoms with Crippen molar-refractivity contribution in [1.29, 1.82) is 0 Å². The van der Waals surface area contributed by atoms with E-state index in [-0.39, 0.29) is 25.3 Å². The molecular formula is C42H46Cl2N2O10. The van der Waals surface area contributed by atoms with Gasteiger partial charge in [0.15, 0.2) is 0 Å². The molecule has 0 amide bonds. The number of aliphatic hydroxyl groups is 2. The monoisotopic (exact) mass is 808 g/mol. The van der Waals surface area contributed by atoms with Crippen molar-refractivity contribution in [3.8, 4) is 34.1 Å². The molecule has 0 aromatic heterocycles. The lowest BCUT2D eigenvalue weighted by molar-refractivity contribution is -0.141. The van der Waals surface area contributed by atoms with E-state index in [2.05, 4.69) is 34.9 Å². The molecule has 0 saturated carbocycles. The maximum Gasteiger partial charge on any atom is 0.323 e. The Bertz CT molecular complexity index is 1920. The number of nitrogens with one attached hydrogen (secondary N) is 2. The third kappa shape index (κ3) is 9.01. The van der Waals surface area contributed by atoms with E-state index in [1.165, 1.54) is 11.1 Å². The second-order valence-electron chi connectivity index (χ2n) is 13.6. The third-order valence-corrected chi connectivity index (χ3v) is 10.7. The number of aliphatic carboxylic acids is 2. The summed E-state index contributed by atoms with van der Waals surface area (Å²) >= 11 is 13.5. The van der Waals surface area contributed by atoms with Crippen LogP contribution in [0.5, 0.6) is 23.0 Å². The van der Waals surface area contributed by atoms with Crippen molar-refractivity contribution in [3.05, 3.63) is 104 Å². The molecule has 0 bridgehead atoms.